The largest absolute Gasteiger partial charge is 0.497 e. The van der Waals surface area contributed by atoms with Crippen molar-refractivity contribution >= 4 is 17.0 Å². The van der Waals surface area contributed by atoms with E-state index in [2.05, 4.69) is 9.47 Å². The van der Waals surface area contributed by atoms with Crippen molar-refractivity contribution in [2.45, 2.75) is 32.9 Å². The van der Waals surface area contributed by atoms with Gasteiger partial charge in [-0.15, -0.1) is 0 Å². The van der Waals surface area contributed by atoms with E-state index < -0.39 is 0 Å². The number of benzene rings is 2. The number of esters is 1. The van der Waals surface area contributed by atoms with Crippen molar-refractivity contribution in [1.29, 1.82) is 0 Å². The van der Waals surface area contributed by atoms with Crippen LogP contribution in [0.15, 0.2) is 42.5 Å². The molecule has 7 nitrogen and oxygen atoms in total. The van der Waals surface area contributed by atoms with Gasteiger partial charge in [-0.25, -0.2) is 9.37 Å². The van der Waals surface area contributed by atoms with Gasteiger partial charge in [0.25, 0.3) is 0 Å². The Morgan fingerprint density at radius 1 is 1.12 bits per heavy atom. The number of rotatable bonds is 9. The van der Waals surface area contributed by atoms with Crippen LogP contribution in [-0.2, 0) is 22.6 Å². The Kier molecular flexibility index (Phi) is 7.44. The highest BCUT2D eigenvalue weighted by molar-refractivity contribution is 5.78. The lowest BCUT2D eigenvalue weighted by Crippen LogP contribution is -2.37. The molecule has 2 heterocycles. The molecule has 8 heteroatoms. The molecule has 3 aromatic rings. The van der Waals surface area contributed by atoms with E-state index in [9.17, 15) is 9.18 Å². The molecule has 0 unspecified atom stereocenters. The molecule has 4 rings (SSSR count). The molecule has 1 aromatic heterocycles. The lowest BCUT2D eigenvalue weighted by atomic mass is 9.97. The van der Waals surface area contributed by atoms with Crippen LogP contribution in [0.5, 0.6) is 11.5 Å². The normalized spacial score (nSPS) is 15.0. The number of hydrogen-bond acceptors (Lipinski definition) is 6. The van der Waals surface area contributed by atoms with Crippen LogP contribution in [-0.4, -0.2) is 53.8 Å². The second kappa shape index (κ2) is 10.7. The van der Waals surface area contributed by atoms with Gasteiger partial charge in [-0.3, -0.25) is 9.69 Å². The fourth-order valence-electron chi connectivity index (χ4n) is 4.23. The number of ether oxygens (including phenoxy) is 3. The SMILES string of the molecule is CCOC(=O)C1CCN(Cc2nc3cc(OC)ccc3n2CCOc2ccc(F)cc2)CC1. The molecule has 0 atom stereocenters. The first-order valence-corrected chi connectivity index (χ1v) is 11.4. The Labute approximate surface area is 193 Å². The van der Waals surface area contributed by atoms with Crippen molar-refractivity contribution in [1.82, 2.24) is 14.5 Å². The third kappa shape index (κ3) is 5.63. The summed E-state index contributed by atoms with van der Waals surface area (Å²) in [6, 6.07) is 11.9. The molecule has 2 aromatic carbocycles. The predicted octanol–water partition coefficient (Wildman–Crippen LogP) is 4.04. The average Bonchev–Trinajstić information content (AvgIpc) is 3.17. The second-order valence-corrected chi connectivity index (χ2v) is 8.14. The zero-order valence-electron chi connectivity index (χ0n) is 19.1. The van der Waals surface area contributed by atoms with Gasteiger partial charge in [0, 0.05) is 6.07 Å². The molecule has 1 fully saturated rings. The number of hydrogen-bond donors (Lipinski definition) is 0. The minimum absolute atomic E-state index is 0.0200. The van der Waals surface area contributed by atoms with Gasteiger partial charge in [-0.2, -0.15) is 0 Å². The molecule has 1 saturated heterocycles. The van der Waals surface area contributed by atoms with Crippen LogP contribution in [0, 0.1) is 11.7 Å². The van der Waals surface area contributed by atoms with E-state index in [4.69, 9.17) is 19.2 Å². The summed E-state index contributed by atoms with van der Waals surface area (Å²) in [6.07, 6.45) is 1.58. The van der Waals surface area contributed by atoms with Crippen LogP contribution in [0.2, 0.25) is 0 Å². The Morgan fingerprint density at radius 3 is 2.55 bits per heavy atom. The van der Waals surface area contributed by atoms with Crippen molar-refractivity contribution in [2.75, 3.05) is 33.4 Å². The number of piperidine rings is 1. The molecular formula is C25H30FN3O4. The van der Waals surface area contributed by atoms with Crippen LogP contribution in [0.1, 0.15) is 25.6 Å². The molecule has 0 saturated carbocycles. The summed E-state index contributed by atoms with van der Waals surface area (Å²) in [5.41, 5.74) is 1.88. The third-order valence-electron chi connectivity index (χ3n) is 6.00. The van der Waals surface area contributed by atoms with E-state index in [1.54, 1.807) is 19.2 Å². The molecule has 0 bridgehead atoms. The Balaban J connectivity index is 1.46. The number of methoxy groups -OCH3 is 1. The zero-order valence-corrected chi connectivity index (χ0v) is 19.1. The molecule has 1 aliphatic rings. The molecule has 0 N–H and O–H groups in total. The summed E-state index contributed by atoms with van der Waals surface area (Å²) in [5, 5.41) is 0. The van der Waals surface area contributed by atoms with Crippen LogP contribution in [0.4, 0.5) is 4.39 Å². The molecule has 0 amide bonds. The highest BCUT2D eigenvalue weighted by Gasteiger charge is 2.27. The molecule has 0 radical (unpaired) electrons. The van der Waals surface area contributed by atoms with Crippen molar-refractivity contribution in [3.05, 3.63) is 54.1 Å². The van der Waals surface area contributed by atoms with Gasteiger partial charge in [0.1, 0.15) is 29.7 Å². The first kappa shape index (κ1) is 23.0. The number of fused-ring (bicyclic) bond motifs is 1. The van der Waals surface area contributed by atoms with Crippen molar-refractivity contribution in [3.8, 4) is 11.5 Å². The van der Waals surface area contributed by atoms with Crippen molar-refractivity contribution in [3.63, 3.8) is 0 Å². The van der Waals surface area contributed by atoms with Crippen molar-refractivity contribution < 1.29 is 23.4 Å². The van der Waals surface area contributed by atoms with Gasteiger partial charge in [-0.1, -0.05) is 0 Å². The maximum atomic E-state index is 13.1. The summed E-state index contributed by atoms with van der Waals surface area (Å²) in [5.74, 6) is 1.94. The number of imidazole rings is 1. The maximum Gasteiger partial charge on any atom is 0.309 e. The summed E-state index contributed by atoms with van der Waals surface area (Å²) in [4.78, 5) is 19.3. The molecular weight excluding hydrogens is 425 g/mol. The highest BCUT2D eigenvalue weighted by Crippen LogP contribution is 2.25. The fraction of sp³-hybridized carbons (Fsp3) is 0.440. The average molecular weight is 456 g/mol. The number of nitrogens with zero attached hydrogens (tertiary/aromatic N) is 3. The van der Waals surface area contributed by atoms with Gasteiger partial charge in [-0.05, 0) is 69.3 Å². The standard InChI is InChI=1S/C25H30FN3O4/c1-3-32-25(30)18-10-12-28(13-11-18)17-24-27-22-16-21(31-2)8-9-23(22)29(24)14-15-33-20-6-4-19(26)5-7-20/h4-9,16,18H,3,10-15,17H2,1-2H3. The topological polar surface area (TPSA) is 65.8 Å². The molecule has 1 aliphatic heterocycles. The first-order chi connectivity index (χ1) is 16.1. The van der Waals surface area contributed by atoms with Gasteiger partial charge < -0.3 is 18.8 Å². The van der Waals surface area contributed by atoms with Gasteiger partial charge in [0.15, 0.2) is 0 Å². The first-order valence-electron chi connectivity index (χ1n) is 11.4. The Bertz CT molecular complexity index is 1080. The Morgan fingerprint density at radius 2 is 1.85 bits per heavy atom. The second-order valence-electron chi connectivity index (χ2n) is 8.14. The predicted molar refractivity (Wildman–Crippen MR) is 123 cm³/mol. The minimum Gasteiger partial charge on any atom is -0.497 e. The van der Waals surface area contributed by atoms with Crippen molar-refractivity contribution in [2.24, 2.45) is 5.92 Å². The summed E-state index contributed by atoms with van der Waals surface area (Å²) in [6.45, 7) is 5.63. The number of aromatic nitrogens is 2. The molecule has 0 spiro atoms. The number of likely N-dealkylation sites (tertiary alicyclic amines) is 1. The van der Waals surface area contributed by atoms with E-state index in [-0.39, 0.29) is 17.7 Å². The van der Waals surface area contributed by atoms with Crippen LogP contribution < -0.4 is 9.47 Å². The number of halogens is 1. The van der Waals surface area contributed by atoms with E-state index >= 15 is 0 Å². The number of carbonyl (C=O) groups excluding carboxylic acids is 1. The lowest BCUT2D eigenvalue weighted by molar-refractivity contribution is -0.149. The molecule has 0 aliphatic carbocycles. The maximum absolute atomic E-state index is 13.1. The lowest BCUT2D eigenvalue weighted by Gasteiger charge is -2.30. The summed E-state index contributed by atoms with van der Waals surface area (Å²) >= 11 is 0. The quantitative estimate of drug-likeness (QED) is 0.454. The Hall–Kier alpha value is -3.13. The van der Waals surface area contributed by atoms with Crippen LogP contribution >= 0.6 is 0 Å². The minimum atomic E-state index is -0.286. The van der Waals surface area contributed by atoms with E-state index in [0.717, 1.165) is 48.5 Å². The number of carbonyl (C=O) groups is 1. The zero-order chi connectivity index (χ0) is 23.2. The smallest absolute Gasteiger partial charge is 0.309 e. The fourth-order valence-corrected chi connectivity index (χ4v) is 4.23. The van der Waals surface area contributed by atoms with Gasteiger partial charge in [0.05, 0.1) is 43.8 Å². The third-order valence-corrected chi connectivity index (χ3v) is 6.00. The highest BCUT2D eigenvalue weighted by atomic mass is 19.1. The molecule has 176 valence electrons. The van der Waals surface area contributed by atoms with Crippen LogP contribution in [0.25, 0.3) is 11.0 Å². The summed E-state index contributed by atoms with van der Waals surface area (Å²) < 4.78 is 31.7. The monoisotopic (exact) mass is 455 g/mol. The summed E-state index contributed by atoms with van der Waals surface area (Å²) in [7, 11) is 1.64. The van der Waals surface area contributed by atoms with Crippen LogP contribution in [0.3, 0.4) is 0 Å². The van der Waals surface area contributed by atoms with E-state index in [1.807, 2.05) is 25.1 Å². The van der Waals surface area contributed by atoms with E-state index in [1.165, 1.54) is 12.1 Å². The van der Waals surface area contributed by atoms with E-state index in [0.29, 0.717) is 32.1 Å². The van der Waals surface area contributed by atoms with Gasteiger partial charge >= 0.3 is 5.97 Å². The van der Waals surface area contributed by atoms with Gasteiger partial charge in [0.2, 0.25) is 0 Å². The molecule has 33 heavy (non-hydrogen) atoms.